The molecular formula is H2NaO3TeZn+3. The second-order valence-electron chi connectivity index (χ2n) is 0.231. The first-order chi connectivity index (χ1) is 1.73. The van der Waals surface area contributed by atoms with Crippen molar-refractivity contribution in [3.8, 4) is 0 Å². The van der Waals surface area contributed by atoms with Gasteiger partial charge in [-0.25, -0.2) is 0 Å². The van der Waals surface area contributed by atoms with Gasteiger partial charge in [-0.15, -0.1) is 0 Å². The molecule has 0 spiro atoms. The molecule has 0 aliphatic carbocycles. The molecule has 0 aromatic rings. The molecule has 2 N–H and O–H groups in total. The summed E-state index contributed by atoms with van der Waals surface area (Å²) < 4.78 is 23.3. The molecule has 3 nitrogen and oxygen atoms in total. The summed E-state index contributed by atoms with van der Waals surface area (Å²) in [6.07, 6.45) is 0. The van der Waals surface area contributed by atoms with E-state index in [1.165, 1.54) is 0 Å². The van der Waals surface area contributed by atoms with Gasteiger partial charge in [-0.05, 0) is 0 Å². The summed E-state index contributed by atoms with van der Waals surface area (Å²) in [6, 6.07) is 0. The van der Waals surface area contributed by atoms with Crippen molar-refractivity contribution in [1.29, 1.82) is 0 Å². The molecule has 0 fully saturated rings. The van der Waals surface area contributed by atoms with Crippen LogP contribution in [0.3, 0.4) is 0 Å². The van der Waals surface area contributed by atoms with Crippen molar-refractivity contribution in [2.24, 2.45) is 0 Å². The van der Waals surface area contributed by atoms with Gasteiger partial charge in [0, 0.05) is 0 Å². The Kier molecular flexibility index (Phi) is 26.7. The third kappa shape index (κ3) is 35.5. The Labute approximate surface area is 78.3 Å². The average molecular weight is 266 g/mol. The van der Waals surface area contributed by atoms with E-state index in [-0.39, 0.29) is 49.0 Å². The van der Waals surface area contributed by atoms with Crippen LogP contribution >= 0.6 is 0 Å². The molecule has 6 heavy (non-hydrogen) atoms. The standard InChI is InChI=1S/Na.H2O3Te.Zn/c;1-4(2)3;/h;(H2,1,2,3);/q+1;;+2. The average Bonchev–Trinajstić information content (AvgIpc) is 0.811. The normalized spacial score (nSPS) is 5.83. The summed E-state index contributed by atoms with van der Waals surface area (Å²) in [6.45, 7) is 0. The molecule has 0 unspecified atom stereocenters. The van der Waals surface area contributed by atoms with E-state index in [1.54, 1.807) is 0 Å². The number of hydrogen-bond donors (Lipinski definition) is 2. The molecule has 0 saturated heterocycles. The van der Waals surface area contributed by atoms with Crippen LogP contribution in [0.5, 0.6) is 0 Å². The Morgan fingerprint density at radius 2 is 1.33 bits per heavy atom. The molecule has 0 saturated carbocycles. The van der Waals surface area contributed by atoms with Crippen LogP contribution in [0.2, 0.25) is 0 Å². The quantitative estimate of drug-likeness (QED) is 0.434. The Morgan fingerprint density at radius 1 is 1.33 bits per heavy atom. The monoisotopic (exact) mass is 267 g/mol. The first kappa shape index (κ1) is 15.7. The zero-order valence-electron chi connectivity index (χ0n) is 3.42. The molecule has 0 aromatic carbocycles. The van der Waals surface area contributed by atoms with Gasteiger partial charge in [0.15, 0.2) is 0 Å². The van der Waals surface area contributed by atoms with Crippen LogP contribution in [0, 0.1) is 0 Å². The number of rotatable bonds is 0. The molecular weight excluding hydrogens is 264 g/mol. The SMILES string of the molecule is O=[Te](O)O.[Na+].[Zn+2]. The van der Waals surface area contributed by atoms with Gasteiger partial charge in [0.2, 0.25) is 0 Å². The van der Waals surface area contributed by atoms with Crippen molar-refractivity contribution >= 4 is 20.4 Å². The Hall–Kier alpha value is 2.13. The van der Waals surface area contributed by atoms with E-state index in [0.29, 0.717) is 0 Å². The summed E-state index contributed by atoms with van der Waals surface area (Å²) in [5, 5.41) is 0. The molecule has 0 heterocycles. The first-order valence-electron chi connectivity index (χ1n) is 0.532. The van der Waals surface area contributed by atoms with Crippen molar-refractivity contribution in [3.63, 3.8) is 0 Å². The van der Waals surface area contributed by atoms with Gasteiger partial charge in [0.05, 0.1) is 0 Å². The molecule has 0 rings (SSSR count). The molecule has 26 valence electrons. The van der Waals surface area contributed by atoms with Gasteiger partial charge in [-0.3, -0.25) is 0 Å². The zero-order chi connectivity index (χ0) is 3.58. The Bertz CT molecular complexity index is 33.8. The predicted molar refractivity (Wildman–Crippen MR) is 10.9 cm³/mol. The molecule has 0 aliphatic heterocycles. The van der Waals surface area contributed by atoms with E-state index in [4.69, 9.17) is 10.0 Å². The molecule has 0 amide bonds. The van der Waals surface area contributed by atoms with E-state index in [0.717, 1.165) is 0 Å². The fourth-order valence-electron chi connectivity index (χ4n) is 0. The van der Waals surface area contributed by atoms with E-state index >= 15 is 0 Å². The summed E-state index contributed by atoms with van der Waals surface area (Å²) in [7, 11) is 0. The Balaban J connectivity index is -0.0000000450. The maximum absolute atomic E-state index is 8.81. The van der Waals surface area contributed by atoms with Gasteiger partial charge in [0.1, 0.15) is 0 Å². The van der Waals surface area contributed by atoms with Crippen molar-refractivity contribution in [2.45, 2.75) is 0 Å². The molecule has 0 aliphatic rings. The van der Waals surface area contributed by atoms with E-state index in [9.17, 15) is 0 Å². The van der Waals surface area contributed by atoms with E-state index in [1.807, 2.05) is 0 Å². The van der Waals surface area contributed by atoms with Gasteiger partial charge in [-0.1, -0.05) is 0 Å². The van der Waals surface area contributed by atoms with Crippen LogP contribution in [0.15, 0.2) is 0 Å². The second kappa shape index (κ2) is 10.2. The minimum absolute atomic E-state index is 0. The van der Waals surface area contributed by atoms with Crippen LogP contribution in [0.4, 0.5) is 0 Å². The topological polar surface area (TPSA) is 57.5 Å². The van der Waals surface area contributed by atoms with Gasteiger partial charge in [-0.2, -0.15) is 0 Å². The van der Waals surface area contributed by atoms with Crippen LogP contribution in [0.1, 0.15) is 0 Å². The fourth-order valence-corrected chi connectivity index (χ4v) is 0. The van der Waals surface area contributed by atoms with Crippen LogP contribution in [-0.2, 0) is 22.6 Å². The third-order valence-electron chi connectivity index (χ3n) is 0. The smallest absolute Gasteiger partial charge is 1.00 e. The minimum Gasteiger partial charge on any atom is 1.00 e. The van der Waals surface area contributed by atoms with Crippen molar-refractivity contribution in [1.82, 2.24) is 0 Å². The van der Waals surface area contributed by atoms with Gasteiger partial charge in [0.25, 0.3) is 0 Å². The van der Waals surface area contributed by atoms with Crippen molar-refractivity contribution in [2.75, 3.05) is 0 Å². The summed E-state index contributed by atoms with van der Waals surface area (Å²) in [5.41, 5.74) is 0. The number of hydrogen-bond acceptors (Lipinski definition) is 1. The molecule has 0 bridgehead atoms. The maximum Gasteiger partial charge on any atom is 2.00 e. The fraction of sp³-hybridized carbons (Fsp3) is 0. The summed E-state index contributed by atoms with van der Waals surface area (Å²) >= 11 is -3.61. The van der Waals surface area contributed by atoms with Gasteiger partial charge >= 0.3 is 79.4 Å². The van der Waals surface area contributed by atoms with Gasteiger partial charge < -0.3 is 0 Å². The molecule has 0 radical (unpaired) electrons. The van der Waals surface area contributed by atoms with Crippen LogP contribution < -0.4 is 29.6 Å². The summed E-state index contributed by atoms with van der Waals surface area (Å²) in [5.74, 6) is 0. The minimum atomic E-state index is -3.61. The zero-order valence-corrected chi connectivity index (χ0v) is 10.7. The molecule has 0 atom stereocenters. The third-order valence-corrected chi connectivity index (χ3v) is 0. The van der Waals surface area contributed by atoms with Crippen LogP contribution in [0.25, 0.3) is 0 Å². The summed E-state index contributed by atoms with van der Waals surface area (Å²) in [4.78, 5) is 0. The molecule has 0 aromatic heterocycles. The molecule has 6 heteroatoms. The van der Waals surface area contributed by atoms with E-state index < -0.39 is 20.4 Å². The van der Waals surface area contributed by atoms with E-state index in [2.05, 4.69) is 0 Å². The van der Waals surface area contributed by atoms with Crippen molar-refractivity contribution in [3.05, 3.63) is 0 Å². The van der Waals surface area contributed by atoms with Crippen LogP contribution in [-0.4, -0.2) is 27.3 Å². The van der Waals surface area contributed by atoms with Crippen molar-refractivity contribution < 1.29 is 59.1 Å². The maximum atomic E-state index is 8.81. The predicted octanol–water partition coefficient (Wildman–Crippen LogP) is -4.61. The second-order valence-corrected chi connectivity index (χ2v) is 1.55. The Morgan fingerprint density at radius 3 is 1.33 bits per heavy atom. The largest absolute Gasteiger partial charge is 2.00 e. The first-order valence-corrected chi connectivity index (χ1v) is 3.57.